The molecule has 4 atom stereocenters. The number of rotatable bonds is 11. The normalized spacial score (nSPS) is 16.0. The van der Waals surface area contributed by atoms with E-state index in [1.807, 2.05) is 60.7 Å². The Hall–Kier alpha value is -1.83. The quantitative estimate of drug-likeness (QED) is 0.567. The van der Waals surface area contributed by atoms with Crippen LogP contribution in [0.5, 0.6) is 0 Å². The molecule has 0 aliphatic rings. The van der Waals surface area contributed by atoms with E-state index in [0.717, 1.165) is 11.1 Å². The molecule has 6 heteroatoms. The maximum absolute atomic E-state index is 14.1. The van der Waals surface area contributed by atoms with Crippen LogP contribution in [0.4, 0.5) is 4.39 Å². The molecule has 0 aliphatic heterocycles. The third kappa shape index (κ3) is 6.48. The van der Waals surface area contributed by atoms with Crippen LogP contribution in [0.2, 0.25) is 0 Å². The van der Waals surface area contributed by atoms with Crippen LogP contribution in [0.15, 0.2) is 60.7 Å². The summed E-state index contributed by atoms with van der Waals surface area (Å²) >= 11 is 0. The van der Waals surface area contributed by atoms with Crippen molar-refractivity contribution in [1.82, 2.24) is 0 Å². The molecular weight excluding hydrogens is 339 g/mol. The summed E-state index contributed by atoms with van der Waals surface area (Å²) in [5, 5.41) is 29.5. The van der Waals surface area contributed by atoms with E-state index in [1.54, 1.807) is 0 Å². The lowest BCUT2D eigenvalue weighted by molar-refractivity contribution is -0.135. The first kappa shape index (κ1) is 20.5. The maximum Gasteiger partial charge on any atom is 0.152 e. The van der Waals surface area contributed by atoms with Gasteiger partial charge >= 0.3 is 0 Å². The van der Waals surface area contributed by atoms with E-state index in [1.165, 1.54) is 0 Å². The summed E-state index contributed by atoms with van der Waals surface area (Å²) in [6.45, 7) is -0.568. The summed E-state index contributed by atoms with van der Waals surface area (Å²) < 4.78 is 24.8. The average Bonchev–Trinajstić information content (AvgIpc) is 2.69. The van der Waals surface area contributed by atoms with E-state index in [-0.39, 0.29) is 19.8 Å². The van der Waals surface area contributed by atoms with E-state index in [2.05, 4.69) is 0 Å². The summed E-state index contributed by atoms with van der Waals surface area (Å²) in [7, 11) is 0. The Morgan fingerprint density at radius 2 is 1.35 bits per heavy atom. The van der Waals surface area contributed by atoms with E-state index in [9.17, 15) is 19.7 Å². The summed E-state index contributed by atoms with van der Waals surface area (Å²) in [5.74, 6) is 0. The van der Waals surface area contributed by atoms with E-state index >= 15 is 0 Å². The van der Waals surface area contributed by atoms with Crippen molar-refractivity contribution in [3.63, 3.8) is 0 Å². The van der Waals surface area contributed by atoms with Crippen molar-refractivity contribution in [2.24, 2.45) is 0 Å². The number of alkyl halides is 1. The molecule has 142 valence electrons. The maximum atomic E-state index is 14.1. The minimum absolute atomic E-state index is 0.136. The molecule has 0 spiro atoms. The van der Waals surface area contributed by atoms with Crippen LogP contribution >= 0.6 is 0 Å². The van der Waals surface area contributed by atoms with Crippen LogP contribution in [0.25, 0.3) is 0 Å². The monoisotopic (exact) mass is 364 g/mol. The highest BCUT2D eigenvalue weighted by atomic mass is 19.1. The third-order valence-electron chi connectivity index (χ3n) is 3.98. The fraction of sp³-hybridized carbons (Fsp3) is 0.400. The zero-order valence-electron chi connectivity index (χ0n) is 14.4. The van der Waals surface area contributed by atoms with Crippen LogP contribution in [-0.4, -0.2) is 53.0 Å². The highest BCUT2D eigenvalue weighted by Crippen LogP contribution is 2.14. The number of hydrogen-bond donors (Lipinski definition) is 3. The number of aliphatic hydroxyl groups is 3. The van der Waals surface area contributed by atoms with Gasteiger partial charge in [-0.15, -0.1) is 0 Å². The van der Waals surface area contributed by atoms with Gasteiger partial charge in [-0.05, 0) is 11.1 Å². The predicted octanol–water partition coefficient (Wildman–Crippen LogP) is 1.84. The zero-order valence-corrected chi connectivity index (χ0v) is 14.4. The lowest BCUT2D eigenvalue weighted by Gasteiger charge is -2.27. The largest absolute Gasteiger partial charge is 0.394 e. The van der Waals surface area contributed by atoms with Gasteiger partial charge in [0.1, 0.15) is 18.3 Å². The summed E-state index contributed by atoms with van der Waals surface area (Å²) in [4.78, 5) is 0. The van der Waals surface area contributed by atoms with Crippen molar-refractivity contribution in [3.05, 3.63) is 71.8 Å². The molecule has 2 aromatic carbocycles. The van der Waals surface area contributed by atoms with Gasteiger partial charge in [0.2, 0.25) is 0 Å². The molecule has 0 aliphatic carbocycles. The van der Waals surface area contributed by atoms with Gasteiger partial charge in [-0.3, -0.25) is 0 Å². The predicted molar refractivity (Wildman–Crippen MR) is 95.1 cm³/mol. The molecule has 0 bridgehead atoms. The van der Waals surface area contributed by atoms with Crippen LogP contribution in [-0.2, 0) is 22.7 Å². The van der Waals surface area contributed by atoms with Gasteiger partial charge in [0.15, 0.2) is 6.17 Å². The van der Waals surface area contributed by atoms with Crippen molar-refractivity contribution >= 4 is 0 Å². The Balaban J connectivity index is 1.78. The number of aliphatic hydroxyl groups excluding tert-OH is 3. The molecule has 0 amide bonds. The van der Waals surface area contributed by atoms with E-state index in [0.29, 0.717) is 0 Å². The molecule has 2 aromatic rings. The lowest BCUT2D eigenvalue weighted by Crippen LogP contribution is -2.46. The summed E-state index contributed by atoms with van der Waals surface area (Å²) in [5.41, 5.74) is 1.73. The molecule has 0 saturated heterocycles. The molecule has 26 heavy (non-hydrogen) atoms. The third-order valence-corrected chi connectivity index (χ3v) is 3.98. The first-order chi connectivity index (χ1) is 12.6. The molecule has 0 saturated carbocycles. The molecule has 2 rings (SSSR count). The first-order valence-corrected chi connectivity index (χ1v) is 8.50. The topological polar surface area (TPSA) is 79.2 Å². The molecule has 5 nitrogen and oxygen atoms in total. The van der Waals surface area contributed by atoms with E-state index < -0.39 is 31.1 Å². The smallest absolute Gasteiger partial charge is 0.152 e. The van der Waals surface area contributed by atoms with Crippen molar-refractivity contribution in [1.29, 1.82) is 0 Å². The average molecular weight is 364 g/mol. The number of benzene rings is 2. The molecule has 0 aromatic heterocycles. The fourth-order valence-corrected chi connectivity index (χ4v) is 2.43. The second-order valence-corrected chi connectivity index (χ2v) is 6.02. The minimum Gasteiger partial charge on any atom is -0.394 e. The van der Waals surface area contributed by atoms with E-state index in [4.69, 9.17) is 9.47 Å². The van der Waals surface area contributed by atoms with Crippen molar-refractivity contribution in [2.45, 2.75) is 37.7 Å². The molecule has 0 fully saturated rings. The number of halogens is 1. The Bertz CT molecular complexity index is 610. The van der Waals surface area contributed by atoms with Crippen molar-refractivity contribution in [2.75, 3.05) is 13.2 Å². The van der Waals surface area contributed by atoms with Gasteiger partial charge in [0, 0.05) is 0 Å². The molecule has 0 unspecified atom stereocenters. The van der Waals surface area contributed by atoms with Gasteiger partial charge in [0.05, 0.1) is 26.4 Å². The van der Waals surface area contributed by atoms with Gasteiger partial charge < -0.3 is 24.8 Å². The van der Waals surface area contributed by atoms with Crippen LogP contribution < -0.4 is 0 Å². The van der Waals surface area contributed by atoms with Gasteiger partial charge in [-0.25, -0.2) is 4.39 Å². The zero-order chi connectivity index (χ0) is 18.8. The van der Waals surface area contributed by atoms with Crippen molar-refractivity contribution < 1.29 is 29.2 Å². The fourth-order valence-electron chi connectivity index (χ4n) is 2.43. The Labute approximate surface area is 152 Å². The highest BCUT2D eigenvalue weighted by molar-refractivity contribution is 5.14. The van der Waals surface area contributed by atoms with Crippen LogP contribution in [0.3, 0.4) is 0 Å². The second-order valence-electron chi connectivity index (χ2n) is 6.02. The minimum atomic E-state index is -1.80. The second kappa shape index (κ2) is 11.0. The number of ether oxygens (including phenoxy) is 2. The Morgan fingerprint density at radius 1 is 0.808 bits per heavy atom. The molecule has 0 radical (unpaired) electrons. The summed E-state index contributed by atoms with van der Waals surface area (Å²) in [6.07, 6.45) is -6.20. The molecular formula is C20H25FO5. The Kier molecular flexibility index (Phi) is 8.67. The Morgan fingerprint density at radius 3 is 1.88 bits per heavy atom. The SMILES string of the molecule is OC[C@@H](OCc1ccccc1)[C@@H](O)[C@@H](O)[C@H](F)COCc1ccccc1. The lowest BCUT2D eigenvalue weighted by atomic mass is 10.0. The molecule has 0 heterocycles. The summed E-state index contributed by atoms with van der Waals surface area (Å²) in [6, 6.07) is 18.4. The standard InChI is InChI=1S/C20H25FO5/c21-17(14-25-12-15-7-3-1-4-8-15)19(23)20(24)18(11-22)26-13-16-9-5-2-6-10-16/h1-10,17-20,22-24H,11-14H2/t17-,18-,19+,20-/m1/s1. The van der Waals surface area contributed by atoms with Crippen molar-refractivity contribution in [3.8, 4) is 0 Å². The molecule has 3 N–H and O–H groups in total. The van der Waals surface area contributed by atoms with Crippen LogP contribution in [0.1, 0.15) is 11.1 Å². The van der Waals surface area contributed by atoms with Crippen LogP contribution in [0, 0.1) is 0 Å². The number of hydrogen-bond acceptors (Lipinski definition) is 5. The highest BCUT2D eigenvalue weighted by Gasteiger charge is 2.33. The van der Waals surface area contributed by atoms with Gasteiger partial charge in [0.25, 0.3) is 0 Å². The first-order valence-electron chi connectivity index (χ1n) is 8.50. The van der Waals surface area contributed by atoms with Gasteiger partial charge in [-0.2, -0.15) is 0 Å². The van der Waals surface area contributed by atoms with Gasteiger partial charge in [-0.1, -0.05) is 60.7 Å².